The second-order valence-electron chi connectivity index (χ2n) is 16.4. The number of ether oxygens (including phenoxy) is 6. The first-order chi connectivity index (χ1) is 41.9. The summed E-state index contributed by atoms with van der Waals surface area (Å²) in [6, 6.07) is 16.9. The van der Waals surface area contributed by atoms with Crippen molar-refractivity contribution in [1.82, 2.24) is 0 Å². The first-order valence-corrected chi connectivity index (χ1v) is 26.6. The minimum absolute atomic E-state index is 0.0250. The maximum Gasteiger partial charge on any atom is 0.344 e. The summed E-state index contributed by atoms with van der Waals surface area (Å²) in [7, 11) is 6.52. The van der Waals surface area contributed by atoms with Crippen molar-refractivity contribution in [3.05, 3.63) is 212 Å². The van der Waals surface area contributed by atoms with Gasteiger partial charge < -0.3 is 54.6 Å². The van der Waals surface area contributed by atoms with E-state index in [-0.39, 0.29) is 58.0 Å². The molecule has 6 aromatic rings. The highest BCUT2D eigenvalue weighted by Gasteiger charge is 2.29. The predicted octanol–water partition coefficient (Wildman–Crippen LogP) is 10.9. The number of methoxy groups -OCH3 is 6. The number of halogens is 6. The Bertz CT molecular complexity index is 3710. The van der Waals surface area contributed by atoms with Crippen LogP contribution in [0.3, 0.4) is 0 Å². The molecule has 0 aromatic heterocycles. The van der Waals surface area contributed by atoms with Gasteiger partial charge in [0.25, 0.3) is 17.1 Å². The van der Waals surface area contributed by atoms with Crippen LogP contribution < -0.4 is 5.73 Å². The lowest BCUT2D eigenvalue weighted by Crippen LogP contribution is -2.11. The number of hydrogen-bond donors (Lipinski definition) is 5. The SMILES string of the molecule is COC(=O)c1cc(F)c(C(=O)OC)cc1N.COC(=O)c1cc([N+](=O)[O-])c(C(=O)OC)cc1Br.COC(=O)c1cc([N+](=O)[O-])c(C(=O)OC)cc1F.Cc1ccc(C)c(Br)c1.O=C(O)c1cc([N+](=O)[O-])c(C(=O)O)cc1Br.O=C(O)c1ccc(C(=O)O)c(Br)c1. The van der Waals surface area contributed by atoms with Crippen LogP contribution in [-0.4, -0.2) is 138 Å². The van der Waals surface area contributed by atoms with Gasteiger partial charge in [-0.3, -0.25) is 30.3 Å². The van der Waals surface area contributed by atoms with Gasteiger partial charge in [-0.15, -0.1) is 0 Å². The molecule has 0 bridgehead atoms. The van der Waals surface area contributed by atoms with Crippen LogP contribution in [0.15, 0.2) is 103 Å². The molecule has 0 saturated heterocycles. The lowest BCUT2D eigenvalue weighted by atomic mass is 10.1. The Morgan fingerprint density at radius 1 is 0.389 bits per heavy atom. The van der Waals surface area contributed by atoms with E-state index in [0.717, 1.165) is 73.0 Å². The smallest absolute Gasteiger partial charge is 0.344 e. The number of rotatable bonds is 13. The van der Waals surface area contributed by atoms with Gasteiger partial charge in [0.15, 0.2) is 0 Å². The van der Waals surface area contributed by atoms with Crippen LogP contribution >= 0.6 is 63.7 Å². The maximum absolute atomic E-state index is 13.5. The number of nitrogen functional groups attached to an aromatic ring is 1. The Kier molecular flexibility index (Phi) is 31.3. The van der Waals surface area contributed by atoms with E-state index < -0.39 is 120 Å². The van der Waals surface area contributed by atoms with Gasteiger partial charge in [-0.25, -0.2) is 56.7 Å². The molecule has 90 heavy (non-hydrogen) atoms. The van der Waals surface area contributed by atoms with Gasteiger partial charge in [0, 0.05) is 41.8 Å². The number of carbonyl (C=O) groups is 10. The molecule has 0 radical (unpaired) electrons. The van der Waals surface area contributed by atoms with Crippen molar-refractivity contribution in [2.45, 2.75) is 13.8 Å². The number of carbonyl (C=O) groups excluding carboxylic acids is 6. The molecule has 0 atom stereocenters. The first-order valence-electron chi connectivity index (χ1n) is 23.4. The Labute approximate surface area is 537 Å². The van der Waals surface area contributed by atoms with Gasteiger partial charge in [-0.05, 0) is 127 Å². The standard InChI is InChI=1S/C10H8BrNO6.C10H8FNO6.C10H10FNO4.C8H4BrNO6.C8H5BrO4.C8H9Br/c2*1-17-9(13)5-4-8(12(15)16)6(3-7(5)11)10(14)18-2;1-15-9(13)5-4-8(12)6(3-7(5)11)10(14)16-2;9-5-1-4(8(13)14)6(10(15)16)2-3(5)7(11)12;9-6-3-4(7(10)11)1-2-5(6)8(12)13;1-6-3-4-7(2)8(9)5-6/h2*3-4H,1-2H3;3-4H,12H2,1-2H3;1-2H,(H,11,12)(H,13,14);1-3H,(H,10,11)(H,12,13);3-5H,1-2H3. The number of benzene rings is 6. The number of nitrogens with two attached hydrogens (primary N) is 1. The molecule has 0 amide bonds. The predicted molar refractivity (Wildman–Crippen MR) is 319 cm³/mol. The molecule has 0 fully saturated rings. The molecule has 0 saturated carbocycles. The van der Waals surface area contributed by atoms with E-state index in [1.165, 1.54) is 33.8 Å². The molecule has 6 rings (SSSR count). The molecule has 30 nitrogen and oxygen atoms in total. The highest BCUT2D eigenvalue weighted by molar-refractivity contribution is 9.11. The third-order valence-electron chi connectivity index (χ3n) is 10.7. The van der Waals surface area contributed by atoms with E-state index in [4.69, 9.17) is 26.2 Å². The van der Waals surface area contributed by atoms with E-state index in [2.05, 4.69) is 124 Å². The molecule has 0 aliphatic heterocycles. The van der Waals surface area contributed by atoms with E-state index >= 15 is 0 Å². The van der Waals surface area contributed by atoms with Gasteiger partial charge >= 0.3 is 59.7 Å². The summed E-state index contributed by atoms with van der Waals surface area (Å²) in [4.78, 5) is 139. The fourth-order valence-corrected chi connectivity index (χ4v) is 8.28. The molecule has 6 N–H and O–H groups in total. The van der Waals surface area contributed by atoms with Crippen LogP contribution in [-0.2, 0) is 28.4 Å². The number of nitro benzene ring substituents is 3. The van der Waals surface area contributed by atoms with E-state index in [1.54, 1.807) is 0 Å². The quantitative estimate of drug-likeness (QED) is 0.0236. The van der Waals surface area contributed by atoms with Crippen molar-refractivity contribution in [2.75, 3.05) is 48.4 Å². The first kappa shape index (κ1) is 77.8. The molecule has 0 unspecified atom stereocenters. The van der Waals surface area contributed by atoms with Crippen molar-refractivity contribution in [3.63, 3.8) is 0 Å². The topological polar surface area (TPSA) is 462 Å². The van der Waals surface area contributed by atoms with Gasteiger partial charge in [0.1, 0.15) is 33.9 Å². The summed E-state index contributed by atoms with van der Waals surface area (Å²) in [5.74, 6) is -12.4. The summed E-state index contributed by atoms with van der Waals surface area (Å²) < 4.78 is 54.7. The van der Waals surface area contributed by atoms with E-state index in [9.17, 15) is 87.1 Å². The van der Waals surface area contributed by atoms with Crippen molar-refractivity contribution in [2.24, 2.45) is 0 Å². The summed E-state index contributed by atoms with van der Waals surface area (Å²) >= 11 is 12.3. The second-order valence-corrected chi connectivity index (χ2v) is 19.8. The zero-order valence-corrected chi connectivity index (χ0v) is 53.4. The highest BCUT2D eigenvalue weighted by atomic mass is 79.9. The number of carboxylic acids is 4. The third kappa shape index (κ3) is 22.2. The number of carboxylic acid groups (broad SMARTS) is 4. The number of nitrogens with zero attached hydrogens (tertiary/aromatic N) is 3. The molecule has 0 heterocycles. The monoisotopic (exact) mass is 1520 g/mol. The molecule has 478 valence electrons. The van der Waals surface area contributed by atoms with Crippen molar-refractivity contribution in [3.8, 4) is 0 Å². The minimum atomic E-state index is -1.50. The number of hydrogen-bond acceptors (Lipinski definition) is 23. The lowest BCUT2D eigenvalue weighted by Gasteiger charge is -2.07. The van der Waals surface area contributed by atoms with E-state index in [1.807, 2.05) is 0 Å². The van der Waals surface area contributed by atoms with Gasteiger partial charge in [-0.2, -0.15) is 0 Å². The average molecular weight is 1520 g/mol. The fourth-order valence-electron chi connectivity index (χ4n) is 6.22. The number of aromatic carboxylic acids is 4. The Morgan fingerprint density at radius 2 is 0.722 bits per heavy atom. The van der Waals surface area contributed by atoms with Gasteiger partial charge in [0.2, 0.25) is 0 Å². The lowest BCUT2D eigenvalue weighted by molar-refractivity contribution is -0.385. The Morgan fingerprint density at radius 3 is 1.11 bits per heavy atom. The molecule has 6 aromatic carbocycles. The minimum Gasteiger partial charge on any atom is -0.478 e. The molecule has 0 aliphatic carbocycles. The molecule has 0 spiro atoms. The van der Waals surface area contributed by atoms with Crippen molar-refractivity contribution < 1.29 is 120 Å². The third-order valence-corrected chi connectivity index (χ3v) is 13.5. The zero-order valence-electron chi connectivity index (χ0n) is 47.0. The zero-order chi connectivity index (χ0) is 69.3. The number of anilines is 1. The van der Waals surface area contributed by atoms with Crippen LogP contribution in [0, 0.1) is 55.8 Å². The molecular formula is C54H44Br4F2N4O26. The van der Waals surface area contributed by atoms with Crippen molar-refractivity contribution in [1.29, 1.82) is 0 Å². The number of nitro groups is 3. The summed E-state index contributed by atoms with van der Waals surface area (Å²) in [6.45, 7) is 4.17. The van der Waals surface area contributed by atoms with Crippen LogP contribution in [0.1, 0.15) is 115 Å². The van der Waals surface area contributed by atoms with Crippen molar-refractivity contribution >= 4 is 146 Å². The molecular weight excluding hydrogens is 1480 g/mol. The second kappa shape index (κ2) is 36.2. The number of aryl methyl sites for hydroxylation is 2. The molecule has 36 heteroatoms. The van der Waals surface area contributed by atoms with Crippen LogP contribution in [0.4, 0.5) is 31.5 Å². The molecule has 0 aliphatic rings. The highest BCUT2D eigenvalue weighted by Crippen LogP contribution is 2.30. The maximum atomic E-state index is 13.5. The largest absolute Gasteiger partial charge is 0.478 e. The number of esters is 6. The summed E-state index contributed by atoms with van der Waals surface area (Å²) in [5.41, 5.74) is 3.23. The Hall–Kier alpha value is -10.2. The Balaban J connectivity index is 0.000000546. The average Bonchev–Trinajstić information content (AvgIpc) is 0.984. The van der Waals surface area contributed by atoms with Gasteiger partial charge in [0.05, 0.1) is 90.8 Å². The van der Waals surface area contributed by atoms with Crippen LogP contribution in [0.25, 0.3) is 0 Å². The van der Waals surface area contributed by atoms with Gasteiger partial charge in [-0.1, -0.05) is 28.1 Å². The summed E-state index contributed by atoms with van der Waals surface area (Å²) in [5, 5.41) is 66.7. The van der Waals surface area contributed by atoms with E-state index in [0.29, 0.717) is 18.2 Å². The fraction of sp³-hybridized carbons (Fsp3) is 0.148. The van der Waals surface area contributed by atoms with Crippen LogP contribution in [0.5, 0.6) is 0 Å². The van der Waals surface area contributed by atoms with Crippen LogP contribution in [0.2, 0.25) is 0 Å². The summed E-state index contributed by atoms with van der Waals surface area (Å²) in [6.07, 6.45) is 0. The normalized spacial score (nSPS) is 9.71.